The van der Waals surface area contributed by atoms with Gasteiger partial charge in [0.2, 0.25) is 11.0 Å². The number of benzene rings is 2. The van der Waals surface area contributed by atoms with Crippen molar-refractivity contribution in [3.05, 3.63) is 60.4 Å². The molecular formula is C17H15FN4OS2. The van der Waals surface area contributed by atoms with Crippen molar-refractivity contribution in [1.29, 1.82) is 0 Å². The van der Waals surface area contributed by atoms with Crippen molar-refractivity contribution in [2.24, 2.45) is 0 Å². The molecule has 1 aromatic heterocycles. The smallest absolute Gasteiger partial charge is 0.237 e. The second-order valence-electron chi connectivity index (χ2n) is 5.12. The van der Waals surface area contributed by atoms with Crippen LogP contribution >= 0.6 is 23.1 Å². The molecule has 2 aromatic carbocycles. The van der Waals surface area contributed by atoms with Gasteiger partial charge in [-0.2, -0.15) is 0 Å². The van der Waals surface area contributed by atoms with Crippen molar-refractivity contribution >= 4 is 45.5 Å². The Morgan fingerprint density at radius 2 is 1.88 bits per heavy atom. The fourth-order valence-corrected chi connectivity index (χ4v) is 3.88. The predicted molar refractivity (Wildman–Crippen MR) is 100.0 cm³/mol. The van der Waals surface area contributed by atoms with Gasteiger partial charge in [0, 0.05) is 11.4 Å². The summed E-state index contributed by atoms with van der Waals surface area (Å²) in [4.78, 5) is 12.2. The highest BCUT2D eigenvalue weighted by Gasteiger charge is 2.17. The molecule has 2 N–H and O–H groups in total. The predicted octanol–water partition coefficient (Wildman–Crippen LogP) is 4.54. The summed E-state index contributed by atoms with van der Waals surface area (Å²) in [5, 5.41) is 14.3. The first kappa shape index (κ1) is 17.4. The normalized spacial score (nSPS) is 11.8. The fourth-order valence-electron chi connectivity index (χ4n) is 1.97. The summed E-state index contributed by atoms with van der Waals surface area (Å²) in [5.74, 6) is -0.609. The van der Waals surface area contributed by atoms with Gasteiger partial charge < -0.3 is 10.6 Å². The quantitative estimate of drug-likeness (QED) is 0.620. The summed E-state index contributed by atoms with van der Waals surface area (Å²) in [6.07, 6.45) is 0. The lowest BCUT2D eigenvalue weighted by Gasteiger charge is -2.10. The summed E-state index contributed by atoms with van der Waals surface area (Å²) >= 11 is 2.68. The molecule has 0 fully saturated rings. The number of hydrogen-bond donors (Lipinski definition) is 2. The molecule has 0 aliphatic carbocycles. The van der Waals surface area contributed by atoms with Crippen LogP contribution in [0.3, 0.4) is 0 Å². The minimum Gasteiger partial charge on any atom is -0.330 e. The summed E-state index contributed by atoms with van der Waals surface area (Å²) in [5.41, 5.74) is 1.35. The van der Waals surface area contributed by atoms with Crippen LogP contribution in [0.2, 0.25) is 0 Å². The number of aromatic nitrogens is 2. The Bertz CT molecular complexity index is 857. The van der Waals surface area contributed by atoms with E-state index in [4.69, 9.17) is 0 Å². The number of nitrogens with zero attached hydrogens (tertiary/aromatic N) is 2. The van der Waals surface area contributed by atoms with Crippen molar-refractivity contribution in [2.45, 2.75) is 16.5 Å². The Labute approximate surface area is 152 Å². The van der Waals surface area contributed by atoms with Gasteiger partial charge in [0.15, 0.2) is 4.34 Å². The summed E-state index contributed by atoms with van der Waals surface area (Å²) in [6.45, 7) is 1.77. The van der Waals surface area contributed by atoms with Gasteiger partial charge in [0.05, 0.1) is 5.25 Å². The lowest BCUT2D eigenvalue weighted by molar-refractivity contribution is -0.115. The number of anilines is 3. The maximum absolute atomic E-state index is 13.2. The van der Waals surface area contributed by atoms with Crippen LogP contribution in [0.4, 0.5) is 20.9 Å². The van der Waals surface area contributed by atoms with Gasteiger partial charge in [-0.1, -0.05) is 47.4 Å². The van der Waals surface area contributed by atoms with Crippen LogP contribution in [0.25, 0.3) is 0 Å². The third kappa shape index (κ3) is 5.01. The van der Waals surface area contributed by atoms with E-state index in [1.807, 2.05) is 30.3 Å². The molecule has 128 valence electrons. The van der Waals surface area contributed by atoms with E-state index in [9.17, 15) is 9.18 Å². The molecule has 0 radical (unpaired) electrons. The molecule has 3 aromatic rings. The molecule has 0 bridgehead atoms. The molecule has 0 spiro atoms. The summed E-state index contributed by atoms with van der Waals surface area (Å²) in [6, 6.07) is 15.5. The van der Waals surface area contributed by atoms with Gasteiger partial charge in [0.1, 0.15) is 5.82 Å². The second kappa shape index (κ2) is 8.09. The van der Waals surface area contributed by atoms with Crippen molar-refractivity contribution < 1.29 is 9.18 Å². The number of amides is 1. The number of halogens is 1. The summed E-state index contributed by atoms with van der Waals surface area (Å²) < 4.78 is 13.8. The molecule has 0 aliphatic rings. The van der Waals surface area contributed by atoms with E-state index in [1.165, 1.54) is 35.2 Å². The molecule has 0 saturated carbocycles. The number of carbonyl (C=O) groups is 1. The van der Waals surface area contributed by atoms with Crippen molar-refractivity contribution in [3.8, 4) is 0 Å². The molecule has 1 amide bonds. The molecule has 8 heteroatoms. The first-order valence-corrected chi connectivity index (χ1v) is 9.18. The van der Waals surface area contributed by atoms with Crippen molar-refractivity contribution in [2.75, 3.05) is 10.6 Å². The number of carbonyl (C=O) groups excluding carboxylic acids is 1. The number of rotatable bonds is 6. The average molecular weight is 374 g/mol. The molecule has 0 aliphatic heterocycles. The van der Waals surface area contributed by atoms with E-state index in [-0.39, 0.29) is 17.0 Å². The number of hydrogen-bond acceptors (Lipinski definition) is 6. The van der Waals surface area contributed by atoms with Gasteiger partial charge in [-0.15, -0.1) is 10.2 Å². The van der Waals surface area contributed by atoms with Crippen LogP contribution < -0.4 is 10.6 Å². The highest BCUT2D eigenvalue weighted by atomic mass is 32.2. The number of nitrogens with one attached hydrogen (secondary N) is 2. The van der Waals surface area contributed by atoms with Crippen LogP contribution in [0, 0.1) is 5.82 Å². The Morgan fingerprint density at radius 3 is 2.64 bits per heavy atom. The van der Waals surface area contributed by atoms with Crippen LogP contribution in [0.15, 0.2) is 58.9 Å². The fraction of sp³-hybridized carbons (Fsp3) is 0.118. The average Bonchev–Trinajstić information content (AvgIpc) is 3.02. The zero-order chi connectivity index (χ0) is 17.6. The van der Waals surface area contributed by atoms with E-state index in [0.29, 0.717) is 15.2 Å². The molecular weight excluding hydrogens is 359 g/mol. The lowest BCUT2D eigenvalue weighted by Crippen LogP contribution is -2.22. The van der Waals surface area contributed by atoms with Crippen LogP contribution in [0.5, 0.6) is 0 Å². The minimum absolute atomic E-state index is 0.219. The molecule has 0 saturated heterocycles. The Kier molecular flexibility index (Phi) is 5.62. The highest BCUT2D eigenvalue weighted by Crippen LogP contribution is 2.30. The zero-order valence-electron chi connectivity index (χ0n) is 13.3. The van der Waals surface area contributed by atoms with Crippen molar-refractivity contribution in [3.63, 3.8) is 0 Å². The minimum atomic E-state index is -0.390. The van der Waals surface area contributed by atoms with Gasteiger partial charge in [-0.05, 0) is 37.3 Å². The monoisotopic (exact) mass is 374 g/mol. The SMILES string of the molecule is C[C@@H](Sc1nnc(Nc2ccccc2)s1)C(=O)Nc1cccc(F)c1. The highest BCUT2D eigenvalue weighted by molar-refractivity contribution is 8.02. The lowest BCUT2D eigenvalue weighted by atomic mass is 10.3. The maximum Gasteiger partial charge on any atom is 0.237 e. The van der Waals surface area contributed by atoms with E-state index < -0.39 is 0 Å². The third-order valence-electron chi connectivity index (χ3n) is 3.17. The Hall–Kier alpha value is -2.45. The Balaban J connectivity index is 1.57. The third-order valence-corrected chi connectivity index (χ3v) is 5.19. The number of thioether (sulfide) groups is 1. The zero-order valence-corrected chi connectivity index (χ0v) is 14.9. The standard InChI is InChI=1S/C17H15FN4OS2/c1-11(15(23)19-14-9-5-6-12(18)10-14)24-17-22-21-16(25-17)20-13-7-3-2-4-8-13/h2-11H,1H3,(H,19,23)(H,20,21)/t11-/m1/s1. The van der Waals surface area contributed by atoms with E-state index in [2.05, 4.69) is 20.8 Å². The van der Waals surface area contributed by atoms with Gasteiger partial charge in [-0.25, -0.2) is 4.39 Å². The van der Waals surface area contributed by atoms with Crippen LogP contribution in [0.1, 0.15) is 6.92 Å². The Morgan fingerprint density at radius 1 is 1.12 bits per heavy atom. The van der Waals surface area contributed by atoms with Gasteiger partial charge in [-0.3, -0.25) is 4.79 Å². The first-order chi connectivity index (χ1) is 12.1. The number of para-hydroxylation sites is 1. The van der Waals surface area contributed by atoms with Gasteiger partial charge in [0.25, 0.3) is 0 Å². The van der Waals surface area contributed by atoms with Crippen molar-refractivity contribution in [1.82, 2.24) is 10.2 Å². The second-order valence-corrected chi connectivity index (χ2v) is 7.69. The topological polar surface area (TPSA) is 66.9 Å². The maximum atomic E-state index is 13.2. The van der Waals surface area contributed by atoms with Crippen LogP contribution in [-0.4, -0.2) is 21.4 Å². The molecule has 1 heterocycles. The first-order valence-electron chi connectivity index (χ1n) is 7.49. The molecule has 1 atom stereocenters. The molecule has 5 nitrogen and oxygen atoms in total. The van der Waals surface area contributed by atoms with Crippen LogP contribution in [-0.2, 0) is 4.79 Å². The van der Waals surface area contributed by atoms with E-state index in [1.54, 1.807) is 19.1 Å². The summed E-state index contributed by atoms with van der Waals surface area (Å²) in [7, 11) is 0. The molecule has 0 unspecified atom stereocenters. The largest absolute Gasteiger partial charge is 0.330 e. The van der Waals surface area contributed by atoms with E-state index in [0.717, 1.165) is 5.69 Å². The van der Waals surface area contributed by atoms with E-state index >= 15 is 0 Å². The molecule has 3 rings (SSSR count). The van der Waals surface area contributed by atoms with Gasteiger partial charge >= 0.3 is 0 Å². The molecule has 25 heavy (non-hydrogen) atoms.